The van der Waals surface area contributed by atoms with Crippen molar-refractivity contribution >= 4 is 33.2 Å². The first-order valence-electron chi connectivity index (χ1n) is 9.08. The van der Waals surface area contributed by atoms with Crippen LogP contribution in [0.3, 0.4) is 0 Å². The zero-order valence-corrected chi connectivity index (χ0v) is 18.2. The van der Waals surface area contributed by atoms with E-state index in [4.69, 9.17) is 11.6 Å². The number of hydrogen-bond donors (Lipinski definition) is 1. The zero-order valence-electron chi connectivity index (χ0n) is 16.6. The molecular weight excluding hydrogens is 396 g/mol. The van der Waals surface area contributed by atoms with E-state index in [2.05, 4.69) is 31.3 Å². The van der Waals surface area contributed by atoms with Crippen molar-refractivity contribution in [3.63, 3.8) is 0 Å². The molecule has 0 spiro atoms. The van der Waals surface area contributed by atoms with Crippen molar-refractivity contribution in [3.05, 3.63) is 65.2 Å². The summed E-state index contributed by atoms with van der Waals surface area (Å²) in [6.07, 6.45) is 1.78. The molecule has 0 saturated carbocycles. The third-order valence-corrected chi connectivity index (χ3v) is 6.03. The Morgan fingerprint density at radius 2 is 1.68 bits per heavy atom. The summed E-state index contributed by atoms with van der Waals surface area (Å²) in [5, 5.41) is 3.19. The minimum absolute atomic E-state index is 0.129. The van der Waals surface area contributed by atoms with Gasteiger partial charge in [0.05, 0.1) is 17.0 Å². The van der Waals surface area contributed by atoms with Crippen molar-refractivity contribution in [2.45, 2.75) is 38.6 Å². The Morgan fingerprint density at radius 1 is 1.11 bits per heavy atom. The number of nitrogens with zero attached hydrogens (tertiary/aromatic N) is 1. The molecule has 1 N–H and O–H groups in total. The van der Waals surface area contributed by atoms with Gasteiger partial charge in [-0.05, 0) is 36.5 Å². The maximum Gasteiger partial charge on any atom is 0.240 e. The minimum atomic E-state index is -3.66. The van der Waals surface area contributed by atoms with Gasteiger partial charge in [0.25, 0.3) is 0 Å². The molecule has 0 saturated heterocycles. The Hall–Kier alpha value is -2.05. The van der Waals surface area contributed by atoms with E-state index in [9.17, 15) is 13.2 Å². The number of rotatable bonds is 8. The Balaban J connectivity index is 2.08. The van der Waals surface area contributed by atoms with Crippen LogP contribution in [0.25, 0.3) is 0 Å². The Kier molecular flexibility index (Phi) is 7.12. The highest BCUT2D eigenvalue weighted by Crippen LogP contribution is 2.29. The summed E-state index contributed by atoms with van der Waals surface area (Å²) >= 11 is 6.13. The third kappa shape index (κ3) is 5.97. The van der Waals surface area contributed by atoms with Crippen molar-refractivity contribution in [1.82, 2.24) is 5.32 Å². The summed E-state index contributed by atoms with van der Waals surface area (Å²) in [5.74, 6) is -0.373. The van der Waals surface area contributed by atoms with Crippen molar-refractivity contribution < 1.29 is 13.2 Å². The third-order valence-electron chi connectivity index (χ3n) is 4.59. The Labute approximate surface area is 172 Å². The number of halogens is 1. The van der Waals surface area contributed by atoms with Crippen LogP contribution < -0.4 is 9.62 Å². The van der Waals surface area contributed by atoms with Crippen molar-refractivity contribution in [1.29, 1.82) is 0 Å². The van der Waals surface area contributed by atoms with E-state index in [1.54, 1.807) is 24.3 Å². The standard InChI is InChI=1S/C21H27ClN2O3S/c1-16(14-21(2,3)17-10-6-5-7-11-17)23-20(25)15-24(28(4,26)27)19-13-9-8-12-18(19)22/h5-13,16H,14-15H2,1-4H3,(H,23,25). The number of carbonyl (C=O) groups is 1. The molecule has 1 atom stereocenters. The fourth-order valence-electron chi connectivity index (χ4n) is 3.31. The quantitative estimate of drug-likeness (QED) is 0.699. The maximum atomic E-state index is 12.6. The molecule has 0 fully saturated rings. The van der Waals surface area contributed by atoms with Gasteiger partial charge in [-0.25, -0.2) is 8.42 Å². The number of hydrogen-bond acceptors (Lipinski definition) is 3. The first kappa shape index (κ1) is 22.2. The van der Waals surface area contributed by atoms with Gasteiger partial charge in [0.1, 0.15) is 6.54 Å². The highest BCUT2D eigenvalue weighted by atomic mass is 35.5. The predicted molar refractivity (Wildman–Crippen MR) is 115 cm³/mol. The van der Waals surface area contributed by atoms with Gasteiger partial charge in [-0.3, -0.25) is 9.10 Å². The molecule has 0 bridgehead atoms. The van der Waals surface area contributed by atoms with Gasteiger partial charge in [-0.1, -0.05) is 67.9 Å². The van der Waals surface area contributed by atoms with Gasteiger partial charge in [0.2, 0.25) is 15.9 Å². The second-order valence-electron chi connectivity index (χ2n) is 7.64. The summed E-state index contributed by atoms with van der Waals surface area (Å²) < 4.78 is 25.4. The molecule has 0 aliphatic rings. The minimum Gasteiger partial charge on any atom is -0.352 e. The van der Waals surface area contributed by atoms with Crippen LogP contribution in [0.1, 0.15) is 32.8 Å². The van der Waals surface area contributed by atoms with Crippen LogP contribution >= 0.6 is 11.6 Å². The topological polar surface area (TPSA) is 66.5 Å². The molecule has 5 nitrogen and oxygen atoms in total. The number of sulfonamides is 1. The van der Waals surface area contributed by atoms with Crippen LogP contribution in [-0.2, 0) is 20.2 Å². The van der Waals surface area contributed by atoms with Gasteiger partial charge in [-0.15, -0.1) is 0 Å². The van der Waals surface area contributed by atoms with Crippen LogP contribution in [0.2, 0.25) is 5.02 Å². The van der Waals surface area contributed by atoms with E-state index in [0.29, 0.717) is 12.1 Å². The first-order chi connectivity index (χ1) is 13.0. The lowest BCUT2D eigenvalue weighted by molar-refractivity contribution is -0.120. The van der Waals surface area contributed by atoms with E-state index >= 15 is 0 Å². The molecule has 28 heavy (non-hydrogen) atoms. The van der Waals surface area contributed by atoms with Crippen molar-refractivity contribution in [3.8, 4) is 0 Å². The van der Waals surface area contributed by atoms with Crippen LogP contribution in [0.15, 0.2) is 54.6 Å². The second-order valence-corrected chi connectivity index (χ2v) is 9.96. The molecule has 1 unspecified atom stereocenters. The summed E-state index contributed by atoms with van der Waals surface area (Å²) in [6, 6.07) is 16.5. The highest BCUT2D eigenvalue weighted by molar-refractivity contribution is 7.92. The van der Waals surface area contributed by atoms with E-state index in [-0.39, 0.29) is 28.9 Å². The highest BCUT2D eigenvalue weighted by Gasteiger charge is 2.26. The molecular formula is C21H27ClN2O3S. The van der Waals surface area contributed by atoms with Crippen molar-refractivity contribution in [2.24, 2.45) is 0 Å². The summed E-state index contributed by atoms with van der Waals surface area (Å²) in [6.45, 7) is 5.84. The molecule has 0 radical (unpaired) electrons. The lowest BCUT2D eigenvalue weighted by Gasteiger charge is -2.30. The van der Waals surface area contributed by atoms with Crippen LogP contribution in [0, 0.1) is 0 Å². The molecule has 0 heterocycles. The molecule has 2 aromatic rings. The fourth-order valence-corrected chi connectivity index (χ4v) is 4.47. The second kappa shape index (κ2) is 8.97. The fraction of sp³-hybridized carbons (Fsp3) is 0.381. The summed E-state index contributed by atoms with van der Waals surface area (Å²) in [4.78, 5) is 12.6. The molecule has 2 aromatic carbocycles. The van der Waals surface area contributed by atoms with Gasteiger partial charge >= 0.3 is 0 Å². The zero-order chi connectivity index (χ0) is 20.9. The predicted octanol–water partition coefficient (Wildman–Crippen LogP) is 3.98. The normalized spacial score (nSPS) is 13.0. The maximum absolute atomic E-state index is 12.6. The summed E-state index contributed by atoms with van der Waals surface area (Å²) in [7, 11) is -3.66. The van der Waals surface area contributed by atoms with E-state index in [0.717, 1.165) is 10.6 Å². The van der Waals surface area contributed by atoms with E-state index < -0.39 is 10.0 Å². The van der Waals surface area contributed by atoms with E-state index in [1.807, 2.05) is 25.1 Å². The van der Waals surface area contributed by atoms with Gasteiger partial charge in [-0.2, -0.15) is 0 Å². The number of carbonyl (C=O) groups excluding carboxylic acids is 1. The molecule has 152 valence electrons. The first-order valence-corrected chi connectivity index (χ1v) is 11.3. The molecule has 0 aliphatic carbocycles. The molecule has 0 aromatic heterocycles. The Bertz CT molecular complexity index is 914. The summed E-state index contributed by atoms with van der Waals surface area (Å²) in [5.41, 5.74) is 1.34. The SMILES string of the molecule is CC(CC(C)(C)c1ccccc1)NC(=O)CN(c1ccccc1Cl)S(C)(=O)=O. The van der Waals surface area contributed by atoms with Gasteiger partial charge < -0.3 is 5.32 Å². The number of nitrogens with one attached hydrogen (secondary N) is 1. The number of para-hydroxylation sites is 1. The number of benzene rings is 2. The van der Waals surface area contributed by atoms with Crippen LogP contribution in [-0.4, -0.2) is 33.2 Å². The smallest absolute Gasteiger partial charge is 0.240 e. The van der Waals surface area contributed by atoms with Crippen molar-refractivity contribution in [2.75, 3.05) is 17.1 Å². The number of amides is 1. The van der Waals surface area contributed by atoms with E-state index in [1.165, 1.54) is 5.56 Å². The molecule has 7 heteroatoms. The lowest BCUT2D eigenvalue weighted by atomic mass is 9.79. The average molecular weight is 423 g/mol. The van der Waals surface area contributed by atoms with Crippen LogP contribution in [0.4, 0.5) is 5.69 Å². The molecule has 2 rings (SSSR count). The van der Waals surface area contributed by atoms with Crippen LogP contribution in [0.5, 0.6) is 0 Å². The molecule has 0 aliphatic heterocycles. The lowest BCUT2D eigenvalue weighted by Crippen LogP contribution is -2.44. The largest absolute Gasteiger partial charge is 0.352 e. The van der Waals surface area contributed by atoms with Gasteiger partial charge in [0.15, 0.2) is 0 Å². The number of anilines is 1. The Morgan fingerprint density at radius 3 is 2.25 bits per heavy atom. The van der Waals surface area contributed by atoms with Gasteiger partial charge in [0, 0.05) is 6.04 Å². The molecule has 1 amide bonds. The monoisotopic (exact) mass is 422 g/mol. The average Bonchev–Trinajstić information content (AvgIpc) is 2.59.